The van der Waals surface area contributed by atoms with Gasteiger partial charge in [0.2, 0.25) is 0 Å². The maximum Gasteiger partial charge on any atom is 0.307 e. The summed E-state index contributed by atoms with van der Waals surface area (Å²) in [6.45, 7) is 7.86. The zero-order valence-electron chi connectivity index (χ0n) is 11.5. The molecule has 0 spiro atoms. The molecule has 0 amide bonds. The molecule has 1 fully saturated rings. The molecule has 0 aromatic carbocycles. The quantitative estimate of drug-likeness (QED) is 0.858. The van der Waals surface area contributed by atoms with Crippen LogP contribution >= 0.6 is 22.7 Å². The Hall–Kier alpha value is -1.18. The van der Waals surface area contributed by atoms with Crippen LogP contribution in [0.5, 0.6) is 0 Å². The number of aromatic nitrogens is 2. The van der Waals surface area contributed by atoms with Crippen molar-refractivity contribution in [2.24, 2.45) is 0 Å². The highest BCUT2D eigenvalue weighted by atomic mass is 32.1. The van der Waals surface area contributed by atoms with Crippen molar-refractivity contribution in [3.8, 4) is 0 Å². The van der Waals surface area contributed by atoms with Crippen molar-refractivity contribution in [3.63, 3.8) is 0 Å². The largest absolute Gasteiger partial charge is 0.346 e. The fraction of sp³-hybridized carbons (Fsp3) is 0.538. The van der Waals surface area contributed by atoms with Crippen LogP contribution in [0.1, 0.15) is 5.69 Å². The highest BCUT2D eigenvalue weighted by Gasteiger charge is 2.18. The number of aryl methyl sites for hydroxylation is 1. The number of rotatable bonds is 4. The Balaban J connectivity index is 1.51. The SMILES string of the molecule is Cc1csc(=O)n1CCN1CCN(c2nccs2)CC1. The second kappa shape index (κ2) is 6.07. The smallest absolute Gasteiger partial charge is 0.307 e. The topological polar surface area (TPSA) is 41.4 Å². The lowest BCUT2D eigenvalue weighted by Gasteiger charge is -2.34. The molecule has 1 saturated heterocycles. The van der Waals surface area contributed by atoms with Gasteiger partial charge in [-0.25, -0.2) is 4.98 Å². The van der Waals surface area contributed by atoms with E-state index < -0.39 is 0 Å². The third kappa shape index (κ3) is 2.94. The van der Waals surface area contributed by atoms with Gasteiger partial charge in [0.05, 0.1) is 0 Å². The molecule has 0 aliphatic carbocycles. The molecule has 20 heavy (non-hydrogen) atoms. The summed E-state index contributed by atoms with van der Waals surface area (Å²) in [6.07, 6.45) is 1.86. The maximum atomic E-state index is 11.7. The van der Waals surface area contributed by atoms with E-state index in [1.54, 1.807) is 11.3 Å². The predicted molar refractivity (Wildman–Crippen MR) is 84.1 cm³/mol. The fourth-order valence-electron chi connectivity index (χ4n) is 2.45. The minimum Gasteiger partial charge on any atom is -0.346 e. The van der Waals surface area contributed by atoms with Gasteiger partial charge in [-0.15, -0.1) is 11.3 Å². The summed E-state index contributed by atoms with van der Waals surface area (Å²) in [4.78, 5) is 20.9. The van der Waals surface area contributed by atoms with Gasteiger partial charge in [0.1, 0.15) is 0 Å². The molecule has 7 heteroatoms. The van der Waals surface area contributed by atoms with Crippen molar-refractivity contribution in [1.29, 1.82) is 0 Å². The monoisotopic (exact) mass is 310 g/mol. The average Bonchev–Trinajstić information content (AvgIpc) is 3.09. The summed E-state index contributed by atoms with van der Waals surface area (Å²) in [7, 11) is 0. The van der Waals surface area contributed by atoms with E-state index in [-0.39, 0.29) is 4.87 Å². The van der Waals surface area contributed by atoms with Crippen molar-refractivity contribution >= 4 is 27.8 Å². The standard InChI is InChI=1S/C13H18N4OS2/c1-11-10-20-13(18)17(11)8-5-15-3-6-16(7-4-15)12-14-2-9-19-12/h2,9-10H,3-8H2,1H3. The molecule has 108 valence electrons. The molecule has 0 saturated carbocycles. The molecule has 1 aliphatic rings. The summed E-state index contributed by atoms with van der Waals surface area (Å²) in [5.74, 6) is 0. The van der Waals surface area contributed by atoms with Gasteiger partial charge in [-0.1, -0.05) is 11.3 Å². The number of hydrogen-bond donors (Lipinski definition) is 0. The summed E-state index contributed by atoms with van der Waals surface area (Å²) >= 11 is 2.99. The molecular formula is C13H18N4OS2. The van der Waals surface area contributed by atoms with E-state index in [2.05, 4.69) is 14.8 Å². The normalized spacial score (nSPS) is 16.8. The van der Waals surface area contributed by atoms with Crippen LogP contribution in [-0.4, -0.2) is 47.2 Å². The Morgan fingerprint density at radius 3 is 2.60 bits per heavy atom. The van der Waals surface area contributed by atoms with Crippen molar-refractivity contribution in [2.45, 2.75) is 13.5 Å². The zero-order chi connectivity index (χ0) is 13.9. The number of hydrogen-bond acceptors (Lipinski definition) is 6. The van der Waals surface area contributed by atoms with E-state index in [1.807, 2.05) is 28.4 Å². The minimum absolute atomic E-state index is 0.156. The van der Waals surface area contributed by atoms with Crippen LogP contribution in [-0.2, 0) is 6.54 Å². The van der Waals surface area contributed by atoms with E-state index in [4.69, 9.17) is 0 Å². The van der Waals surface area contributed by atoms with Crippen LogP contribution < -0.4 is 9.77 Å². The number of piperazine rings is 1. The van der Waals surface area contributed by atoms with Crippen molar-refractivity contribution in [2.75, 3.05) is 37.6 Å². The summed E-state index contributed by atoms with van der Waals surface area (Å²) in [5.41, 5.74) is 1.07. The van der Waals surface area contributed by atoms with Crippen LogP contribution in [0.3, 0.4) is 0 Å². The minimum atomic E-state index is 0.156. The molecule has 5 nitrogen and oxygen atoms in total. The molecule has 0 atom stereocenters. The fourth-order valence-corrected chi connectivity index (χ4v) is 3.91. The molecule has 2 aromatic rings. The second-order valence-electron chi connectivity index (χ2n) is 4.94. The molecule has 0 radical (unpaired) electrons. The first-order valence-electron chi connectivity index (χ1n) is 6.76. The Labute approximate surface area is 126 Å². The Morgan fingerprint density at radius 2 is 2.00 bits per heavy atom. The van der Waals surface area contributed by atoms with Gasteiger partial charge in [0.25, 0.3) is 0 Å². The number of nitrogens with zero attached hydrogens (tertiary/aromatic N) is 4. The van der Waals surface area contributed by atoms with Crippen molar-refractivity contribution in [1.82, 2.24) is 14.5 Å². The molecule has 3 heterocycles. The van der Waals surface area contributed by atoms with Gasteiger partial charge >= 0.3 is 4.87 Å². The number of anilines is 1. The van der Waals surface area contributed by atoms with Gasteiger partial charge < -0.3 is 9.47 Å². The first kappa shape index (κ1) is 13.8. The van der Waals surface area contributed by atoms with E-state index >= 15 is 0 Å². The molecule has 2 aromatic heterocycles. The Morgan fingerprint density at radius 1 is 1.20 bits per heavy atom. The molecular weight excluding hydrogens is 292 g/mol. The van der Waals surface area contributed by atoms with E-state index in [1.165, 1.54) is 11.3 Å². The molecule has 1 aliphatic heterocycles. The highest BCUT2D eigenvalue weighted by Crippen LogP contribution is 2.18. The molecule has 0 bridgehead atoms. The zero-order valence-corrected chi connectivity index (χ0v) is 13.1. The summed E-state index contributed by atoms with van der Waals surface area (Å²) in [6, 6.07) is 0. The van der Waals surface area contributed by atoms with Crippen LogP contribution in [0.4, 0.5) is 5.13 Å². The van der Waals surface area contributed by atoms with Gasteiger partial charge in [-0.2, -0.15) is 0 Å². The van der Waals surface area contributed by atoms with Crippen LogP contribution in [0.25, 0.3) is 0 Å². The predicted octanol–water partition coefficient (Wildman–Crippen LogP) is 1.50. The highest BCUT2D eigenvalue weighted by molar-refractivity contribution is 7.13. The Kier molecular flexibility index (Phi) is 4.18. The average molecular weight is 310 g/mol. The second-order valence-corrected chi connectivity index (χ2v) is 6.63. The van der Waals surface area contributed by atoms with Crippen LogP contribution in [0, 0.1) is 6.92 Å². The van der Waals surface area contributed by atoms with Gasteiger partial charge in [0.15, 0.2) is 5.13 Å². The first-order valence-corrected chi connectivity index (χ1v) is 8.52. The molecule has 0 N–H and O–H groups in total. The Bertz CT molecular complexity index is 596. The lowest BCUT2D eigenvalue weighted by molar-refractivity contribution is 0.247. The van der Waals surface area contributed by atoms with Crippen LogP contribution in [0.15, 0.2) is 21.8 Å². The van der Waals surface area contributed by atoms with E-state index in [0.29, 0.717) is 0 Å². The van der Waals surface area contributed by atoms with Gasteiger partial charge in [-0.05, 0) is 6.92 Å². The summed E-state index contributed by atoms with van der Waals surface area (Å²) in [5, 5.41) is 5.07. The lowest BCUT2D eigenvalue weighted by atomic mass is 10.3. The maximum absolute atomic E-state index is 11.7. The van der Waals surface area contributed by atoms with Gasteiger partial charge in [0, 0.05) is 61.9 Å². The molecule has 3 rings (SSSR count). The van der Waals surface area contributed by atoms with Gasteiger partial charge in [-0.3, -0.25) is 9.69 Å². The van der Waals surface area contributed by atoms with Crippen LogP contribution in [0.2, 0.25) is 0 Å². The lowest BCUT2D eigenvalue weighted by Crippen LogP contribution is -2.47. The third-order valence-electron chi connectivity index (χ3n) is 3.68. The molecule has 0 unspecified atom stereocenters. The van der Waals surface area contributed by atoms with E-state index in [0.717, 1.165) is 50.1 Å². The first-order chi connectivity index (χ1) is 9.74. The third-order valence-corrected chi connectivity index (χ3v) is 5.39. The van der Waals surface area contributed by atoms with E-state index in [9.17, 15) is 4.79 Å². The number of thiazole rings is 2. The van der Waals surface area contributed by atoms with Crippen molar-refractivity contribution < 1.29 is 0 Å². The summed E-state index contributed by atoms with van der Waals surface area (Å²) < 4.78 is 1.87. The van der Waals surface area contributed by atoms with Crippen molar-refractivity contribution in [3.05, 3.63) is 32.3 Å².